The van der Waals surface area contributed by atoms with Crippen LogP contribution in [0.3, 0.4) is 0 Å². The number of aliphatic hydroxyl groups excluding tert-OH is 1. The second-order valence-corrected chi connectivity index (χ2v) is 9.98. The fraction of sp³-hybridized carbons (Fsp3) is 1.00. The van der Waals surface area contributed by atoms with Crippen LogP contribution in [0.15, 0.2) is 0 Å². The second kappa shape index (κ2) is 4.93. The van der Waals surface area contributed by atoms with E-state index in [4.69, 9.17) is 0 Å². The van der Waals surface area contributed by atoms with Crippen LogP contribution in [0, 0.1) is 35.5 Å². The molecule has 0 aromatic rings. The largest absolute Gasteiger partial charge is 0.393 e. The van der Waals surface area contributed by atoms with Crippen LogP contribution in [0.2, 0.25) is 0 Å². The first-order chi connectivity index (χ1) is 9.95. The van der Waals surface area contributed by atoms with Gasteiger partial charge in [-0.2, -0.15) is 0 Å². The summed E-state index contributed by atoms with van der Waals surface area (Å²) in [5, 5.41) is 10.6. The lowest BCUT2D eigenvalue weighted by Crippen LogP contribution is -2.40. The van der Waals surface area contributed by atoms with Crippen LogP contribution in [0.1, 0.15) is 38.5 Å². The molecular formula is C16H27NO3S. The van der Waals surface area contributed by atoms with Crippen molar-refractivity contribution in [2.45, 2.75) is 44.6 Å². The zero-order valence-electron chi connectivity index (χ0n) is 12.8. The molecule has 6 unspecified atom stereocenters. The Kier molecular flexibility index (Phi) is 3.40. The molecule has 1 aliphatic heterocycles. The molecule has 1 saturated heterocycles. The summed E-state index contributed by atoms with van der Waals surface area (Å²) in [5.74, 6) is 4.33. The second-order valence-electron chi connectivity index (χ2n) is 8.00. The van der Waals surface area contributed by atoms with E-state index in [0.29, 0.717) is 24.9 Å². The first-order valence-electron chi connectivity index (χ1n) is 8.58. The molecule has 1 heterocycles. The van der Waals surface area contributed by atoms with Gasteiger partial charge in [0.1, 0.15) is 0 Å². The first-order valence-corrected chi connectivity index (χ1v) is 10.4. The van der Waals surface area contributed by atoms with Gasteiger partial charge in [-0.05, 0) is 74.0 Å². The molecule has 0 spiro atoms. The van der Waals surface area contributed by atoms with Crippen molar-refractivity contribution in [1.82, 2.24) is 4.31 Å². The minimum Gasteiger partial charge on any atom is -0.393 e. The molecule has 120 valence electrons. The van der Waals surface area contributed by atoms with Crippen molar-refractivity contribution >= 4 is 10.0 Å². The van der Waals surface area contributed by atoms with Gasteiger partial charge in [0, 0.05) is 13.1 Å². The highest BCUT2D eigenvalue weighted by atomic mass is 32.2. The minimum absolute atomic E-state index is 0.187. The van der Waals surface area contributed by atoms with Gasteiger partial charge in [0.15, 0.2) is 0 Å². The van der Waals surface area contributed by atoms with Crippen molar-refractivity contribution in [1.29, 1.82) is 0 Å². The number of hydrogen-bond donors (Lipinski definition) is 1. The van der Waals surface area contributed by atoms with E-state index >= 15 is 0 Å². The van der Waals surface area contributed by atoms with Gasteiger partial charge in [0.05, 0.1) is 12.4 Å². The van der Waals surface area contributed by atoms with E-state index in [-0.39, 0.29) is 6.10 Å². The lowest BCUT2D eigenvalue weighted by molar-refractivity contribution is 0.0873. The molecule has 4 fully saturated rings. The van der Waals surface area contributed by atoms with Crippen LogP contribution in [0.5, 0.6) is 0 Å². The number of hydrogen-bond acceptors (Lipinski definition) is 3. The van der Waals surface area contributed by atoms with E-state index in [1.807, 2.05) is 0 Å². The zero-order chi connectivity index (χ0) is 14.8. The summed E-state index contributed by atoms with van der Waals surface area (Å²) in [5.41, 5.74) is 0. The van der Waals surface area contributed by atoms with Gasteiger partial charge in [-0.3, -0.25) is 0 Å². The number of sulfonamides is 1. The maximum Gasteiger partial charge on any atom is 0.211 e. The molecule has 4 nitrogen and oxygen atoms in total. The standard InChI is InChI=1S/C16H27NO3S/c1-21(19,20)17-6-2-3-10(9-17)7-13(18)16-14-11-4-5-12(8-11)15(14)16/h10-16,18H,2-9H2,1H3. The monoisotopic (exact) mass is 313 g/mol. The molecule has 3 aliphatic carbocycles. The summed E-state index contributed by atoms with van der Waals surface area (Å²) >= 11 is 0. The number of fused-ring (bicyclic) bond motifs is 5. The molecule has 1 N–H and O–H groups in total. The van der Waals surface area contributed by atoms with E-state index in [2.05, 4.69) is 0 Å². The van der Waals surface area contributed by atoms with Gasteiger partial charge in [0.25, 0.3) is 0 Å². The third kappa shape index (κ3) is 2.45. The van der Waals surface area contributed by atoms with E-state index in [1.54, 1.807) is 4.31 Å². The van der Waals surface area contributed by atoms with E-state index in [9.17, 15) is 13.5 Å². The quantitative estimate of drug-likeness (QED) is 0.859. The molecular weight excluding hydrogens is 286 g/mol. The predicted molar refractivity (Wildman–Crippen MR) is 81.1 cm³/mol. The smallest absolute Gasteiger partial charge is 0.211 e. The van der Waals surface area contributed by atoms with Crippen LogP contribution in [0.4, 0.5) is 0 Å². The van der Waals surface area contributed by atoms with E-state index in [0.717, 1.165) is 42.9 Å². The van der Waals surface area contributed by atoms with Crippen molar-refractivity contribution in [3.8, 4) is 0 Å². The molecule has 5 heteroatoms. The highest BCUT2D eigenvalue weighted by Gasteiger charge is 2.66. The van der Waals surface area contributed by atoms with Crippen LogP contribution in [-0.2, 0) is 10.0 Å². The van der Waals surface area contributed by atoms with Crippen LogP contribution in [-0.4, -0.2) is 43.3 Å². The van der Waals surface area contributed by atoms with Crippen molar-refractivity contribution in [3.63, 3.8) is 0 Å². The van der Waals surface area contributed by atoms with Gasteiger partial charge in [-0.15, -0.1) is 0 Å². The minimum atomic E-state index is -3.07. The summed E-state index contributed by atoms with van der Waals surface area (Å²) < 4.78 is 25.0. The maximum atomic E-state index is 11.7. The summed E-state index contributed by atoms with van der Waals surface area (Å²) in [7, 11) is -3.07. The Bertz CT molecular complexity index is 504. The average Bonchev–Trinajstić information content (AvgIpc) is 2.87. The van der Waals surface area contributed by atoms with Gasteiger partial charge < -0.3 is 5.11 Å². The summed E-state index contributed by atoms with van der Waals surface area (Å²) in [6.45, 7) is 1.27. The van der Waals surface area contributed by atoms with Crippen molar-refractivity contribution in [3.05, 3.63) is 0 Å². The molecule has 3 saturated carbocycles. The Hall–Kier alpha value is -0.130. The molecule has 6 atom stereocenters. The summed E-state index contributed by atoms with van der Waals surface area (Å²) in [6.07, 6.45) is 8.13. The predicted octanol–water partition coefficient (Wildman–Crippen LogP) is 1.70. The highest BCUT2D eigenvalue weighted by Crippen LogP contribution is 2.70. The third-order valence-corrected chi connectivity index (χ3v) is 8.03. The van der Waals surface area contributed by atoms with Crippen LogP contribution in [0.25, 0.3) is 0 Å². The lowest BCUT2D eigenvalue weighted by Gasteiger charge is -2.32. The molecule has 21 heavy (non-hydrogen) atoms. The SMILES string of the molecule is CS(=O)(=O)N1CCCC(CC(O)C2C3C4CCC(C4)C23)C1. The van der Waals surface area contributed by atoms with E-state index < -0.39 is 10.0 Å². The molecule has 0 aromatic carbocycles. The topological polar surface area (TPSA) is 57.6 Å². The Morgan fingerprint density at radius 1 is 1.19 bits per heavy atom. The summed E-state index contributed by atoms with van der Waals surface area (Å²) in [6, 6.07) is 0. The molecule has 2 bridgehead atoms. The summed E-state index contributed by atoms with van der Waals surface area (Å²) in [4.78, 5) is 0. The fourth-order valence-electron chi connectivity index (χ4n) is 5.93. The first kappa shape index (κ1) is 14.5. The van der Waals surface area contributed by atoms with Gasteiger partial charge >= 0.3 is 0 Å². The van der Waals surface area contributed by atoms with Crippen LogP contribution < -0.4 is 0 Å². The Morgan fingerprint density at radius 3 is 2.48 bits per heavy atom. The van der Waals surface area contributed by atoms with E-state index in [1.165, 1.54) is 25.5 Å². The Labute approximate surface area is 128 Å². The molecule has 4 aliphatic rings. The maximum absolute atomic E-state index is 11.7. The van der Waals surface area contributed by atoms with Crippen molar-refractivity contribution < 1.29 is 13.5 Å². The Morgan fingerprint density at radius 2 is 1.86 bits per heavy atom. The lowest BCUT2D eigenvalue weighted by atomic mass is 9.89. The number of piperidine rings is 1. The number of nitrogens with zero attached hydrogens (tertiary/aromatic N) is 1. The zero-order valence-corrected chi connectivity index (χ0v) is 13.6. The third-order valence-electron chi connectivity index (χ3n) is 6.76. The van der Waals surface area contributed by atoms with Crippen LogP contribution >= 0.6 is 0 Å². The normalized spacial score (nSPS) is 47.3. The molecule has 0 radical (unpaired) electrons. The van der Waals surface area contributed by atoms with Gasteiger partial charge in [-0.25, -0.2) is 12.7 Å². The van der Waals surface area contributed by atoms with Crippen molar-refractivity contribution in [2.75, 3.05) is 19.3 Å². The fourth-order valence-corrected chi connectivity index (χ4v) is 6.87. The van der Waals surface area contributed by atoms with Gasteiger partial charge in [0.2, 0.25) is 10.0 Å². The molecule has 0 amide bonds. The Balaban J connectivity index is 1.34. The molecule has 4 rings (SSSR count). The van der Waals surface area contributed by atoms with Gasteiger partial charge in [-0.1, -0.05) is 0 Å². The highest BCUT2D eigenvalue weighted by molar-refractivity contribution is 7.88. The molecule has 0 aromatic heterocycles. The van der Waals surface area contributed by atoms with Crippen molar-refractivity contribution in [2.24, 2.45) is 35.5 Å². The average molecular weight is 313 g/mol. The number of aliphatic hydroxyl groups is 1. The number of rotatable bonds is 4.